The van der Waals surface area contributed by atoms with Crippen LogP contribution in [0.3, 0.4) is 0 Å². The largest absolute Gasteiger partial charge is 0.352 e. The second-order valence-electron chi connectivity index (χ2n) is 8.79. The second-order valence-corrected chi connectivity index (χ2v) is 8.79. The zero-order valence-electron chi connectivity index (χ0n) is 17.9. The summed E-state index contributed by atoms with van der Waals surface area (Å²) in [5.41, 5.74) is 1.24. The fourth-order valence-electron chi connectivity index (χ4n) is 4.75. The molecule has 4 rings (SSSR count). The highest BCUT2D eigenvalue weighted by molar-refractivity contribution is 6.22. The lowest BCUT2D eigenvalue weighted by molar-refractivity contribution is 0.0548. The minimum Gasteiger partial charge on any atom is -0.352 e. The van der Waals surface area contributed by atoms with Crippen molar-refractivity contribution in [1.29, 1.82) is 0 Å². The summed E-state index contributed by atoms with van der Waals surface area (Å²) in [6.45, 7) is 5.90. The molecule has 1 saturated carbocycles. The van der Waals surface area contributed by atoms with Crippen molar-refractivity contribution in [1.82, 2.24) is 20.0 Å². The van der Waals surface area contributed by atoms with Crippen LogP contribution in [0.15, 0.2) is 18.2 Å². The maximum atomic E-state index is 12.9. The van der Waals surface area contributed by atoms with Crippen LogP contribution in [0.25, 0.3) is 0 Å². The van der Waals surface area contributed by atoms with Crippen LogP contribution < -0.4 is 5.32 Å². The Labute approximate surface area is 178 Å². The van der Waals surface area contributed by atoms with Crippen molar-refractivity contribution in [3.63, 3.8) is 0 Å². The van der Waals surface area contributed by atoms with Gasteiger partial charge in [-0.25, -0.2) is 0 Å². The minimum atomic E-state index is -0.244. The molecule has 1 aromatic rings. The maximum absolute atomic E-state index is 12.9. The van der Waals surface area contributed by atoms with Gasteiger partial charge in [0.2, 0.25) is 0 Å². The van der Waals surface area contributed by atoms with E-state index < -0.39 is 0 Å². The zero-order valence-corrected chi connectivity index (χ0v) is 17.9. The van der Waals surface area contributed by atoms with E-state index in [4.69, 9.17) is 0 Å². The summed E-state index contributed by atoms with van der Waals surface area (Å²) < 4.78 is 0. The Kier molecular flexibility index (Phi) is 6.49. The van der Waals surface area contributed by atoms with Gasteiger partial charge < -0.3 is 15.1 Å². The molecule has 7 heteroatoms. The molecule has 1 N–H and O–H groups in total. The highest BCUT2D eigenvalue weighted by Crippen LogP contribution is 2.31. The summed E-state index contributed by atoms with van der Waals surface area (Å²) in [5, 5.41) is 2.95. The number of benzene rings is 1. The van der Waals surface area contributed by atoms with Gasteiger partial charge >= 0.3 is 0 Å². The van der Waals surface area contributed by atoms with Crippen molar-refractivity contribution in [2.75, 3.05) is 46.3 Å². The number of nitrogens with one attached hydrogen (secondary N) is 1. The number of amides is 3. The van der Waals surface area contributed by atoms with E-state index in [1.165, 1.54) is 11.3 Å². The fourth-order valence-corrected chi connectivity index (χ4v) is 4.75. The Balaban J connectivity index is 1.32. The third-order valence-electron chi connectivity index (χ3n) is 6.65. The lowest BCUT2D eigenvalue weighted by Crippen LogP contribution is -2.45. The van der Waals surface area contributed by atoms with E-state index in [0.717, 1.165) is 64.8 Å². The highest BCUT2D eigenvalue weighted by atomic mass is 16.2. The molecule has 7 nitrogen and oxygen atoms in total. The monoisotopic (exact) mass is 412 g/mol. The first-order chi connectivity index (χ1) is 14.5. The number of nitrogens with zero attached hydrogens (tertiary/aromatic N) is 3. The van der Waals surface area contributed by atoms with Gasteiger partial charge in [-0.3, -0.25) is 19.3 Å². The predicted molar refractivity (Wildman–Crippen MR) is 115 cm³/mol. The van der Waals surface area contributed by atoms with Gasteiger partial charge in [0.1, 0.15) is 0 Å². The van der Waals surface area contributed by atoms with Crippen molar-refractivity contribution >= 4 is 17.7 Å². The number of piperazine rings is 1. The normalized spacial score (nSPS) is 21.2. The summed E-state index contributed by atoms with van der Waals surface area (Å²) >= 11 is 0. The number of carbonyl (C=O) groups excluding carboxylic acids is 3. The summed E-state index contributed by atoms with van der Waals surface area (Å²) in [4.78, 5) is 44.4. The summed E-state index contributed by atoms with van der Waals surface area (Å²) in [6.07, 6.45) is 5.93. The quantitative estimate of drug-likeness (QED) is 0.571. The standard InChI is InChI=1S/C23H32N4O3/c1-25-12-14-26(15-13-25)11-5-10-24-21(28)17-8-9-19-20(16-17)23(30)27(22(19)29)18-6-3-2-4-7-18/h8-9,16,18H,2-7,10-15H2,1H3,(H,24,28). The lowest BCUT2D eigenvalue weighted by Gasteiger charge is -2.32. The van der Waals surface area contributed by atoms with Crippen molar-refractivity contribution in [3.8, 4) is 0 Å². The van der Waals surface area contributed by atoms with Gasteiger partial charge in [0.05, 0.1) is 11.1 Å². The molecule has 1 aromatic carbocycles. The molecule has 0 aromatic heterocycles. The molecule has 0 radical (unpaired) electrons. The van der Waals surface area contributed by atoms with Crippen LogP contribution in [0.5, 0.6) is 0 Å². The molecule has 2 fully saturated rings. The number of imide groups is 1. The van der Waals surface area contributed by atoms with Gasteiger partial charge in [-0.2, -0.15) is 0 Å². The average molecular weight is 413 g/mol. The molecule has 0 unspecified atom stereocenters. The van der Waals surface area contributed by atoms with Crippen LogP contribution in [0.2, 0.25) is 0 Å². The van der Waals surface area contributed by atoms with Crippen LogP contribution in [-0.2, 0) is 0 Å². The first kappa shape index (κ1) is 21.0. The van der Waals surface area contributed by atoms with E-state index in [1.807, 2.05) is 0 Å². The third kappa shape index (κ3) is 4.42. The van der Waals surface area contributed by atoms with Gasteiger partial charge in [-0.05, 0) is 51.1 Å². The topological polar surface area (TPSA) is 73.0 Å². The Morgan fingerprint density at radius 3 is 2.43 bits per heavy atom. The number of fused-ring (bicyclic) bond motifs is 1. The van der Waals surface area contributed by atoms with E-state index in [1.54, 1.807) is 18.2 Å². The third-order valence-corrected chi connectivity index (χ3v) is 6.65. The maximum Gasteiger partial charge on any atom is 0.261 e. The first-order valence-electron chi connectivity index (χ1n) is 11.3. The SMILES string of the molecule is CN1CCN(CCCNC(=O)c2ccc3c(c2)C(=O)N(C2CCCCC2)C3=O)CC1. The zero-order chi connectivity index (χ0) is 21.1. The molecule has 1 aliphatic carbocycles. The second kappa shape index (κ2) is 9.27. The molecule has 0 bridgehead atoms. The Hall–Kier alpha value is -2.25. The Bertz CT molecular complexity index is 811. The van der Waals surface area contributed by atoms with Crippen LogP contribution in [0.1, 0.15) is 69.6 Å². The van der Waals surface area contributed by atoms with Crippen LogP contribution in [-0.4, -0.2) is 84.8 Å². The Morgan fingerprint density at radius 2 is 1.70 bits per heavy atom. The van der Waals surface area contributed by atoms with E-state index in [9.17, 15) is 14.4 Å². The number of carbonyl (C=O) groups is 3. The molecule has 2 aliphatic heterocycles. The minimum absolute atomic E-state index is 0.00185. The van der Waals surface area contributed by atoms with Gasteiger partial charge in [0.25, 0.3) is 17.7 Å². The summed E-state index contributed by atoms with van der Waals surface area (Å²) in [7, 11) is 2.14. The number of rotatable bonds is 6. The highest BCUT2D eigenvalue weighted by Gasteiger charge is 2.40. The van der Waals surface area contributed by atoms with Gasteiger partial charge in [0, 0.05) is 44.3 Å². The van der Waals surface area contributed by atoms with Gasteiger partial charge in [0.15, 0.2) is 0 Å². The van der Waals surface area contributed by atoms with Crippen LogP contribution in [0, 0.1) is 0 Å². The van der Waals surface area contributed by atoms with Crippen molar-refractivity contribution in [2.24, 2.45) is 0 Å². The van der Waals surface area contributed by atoms with E-state index in [0.29, 0.717) is 23.2 Å². The molecule has 3 aliphatic rings. The molecule has 30 heavy (non-hydrogen) atoms. The molecule has 3 amide bonds. The smallest absolute Gasteiger partial charge is 0.261 e. The first-order valence-corrected chi connectivity index (χ1v) is 11.3. The van der Waals surface area contributed by atoms with E-state index in [2.05, 4.69) is 22.2 Å². The summed E-state index contributed by atoms with van der Waals surface area (Å²) in [6, 6.07) is 4.88. The van der Waals surface area contributed by atoms with Gasteiger partial charge in [-0.15, -0.1) is 0 Å². The fraction of sp³-hybridized carbons (Fsp3) is 0.609. The molecule has 0 atom stereocenters. The Morgan fingerprint density at radius 1 is 1.00 bits per heavy atom. The van der Waals surface area contributed by atoms with E-state index >= 15 is 0 Å². The average Bonchev–Trinajstić information content (AvgIpc) is 3.02. The molecule has 0 spiro atoms. The molecule has 162 valence electrons. The van der Waals surface area contributed by atoms with Crippen molar-refractivity contribution < 1.29 is 14.4 Å². The van der Waals surface area contributed by atoms with Crippen LogP contribution in [0.4, 0.5) is 0 Å². The van der Waals surface area contributed by atoms with Crippen molar-refractivity contribution in [3.05, 3.63) is 34.9 Å². The number of hydrogen-bond acceptors (Lipinski definition) is 5. The van der Waals surface area contributed by atoms with Crippen molar-refractivity contribution in [2.45, 2.75) is 44.6 Å². The lowest BCUT2D eigenvalue weighted by atomic mass is 9.94. The number of likely N-dealkylation sites (N-methyl/N-ethyl adjacent to an activating group) is 1. The van der Waals surface area contributed by atoms with Crippen LogP contribution >= 0.6 is 0 Å². The van der Waals surface area contributed by atoms with Gasteiger partial charge in [-0.1, -0.05) is 19.3 Å². The molecule has 1 saturated heterocycles. The predicted octanol–water partition coefficient (Wildman–Crippen LogP) is 1.98. The molecular weight excluding hydrogens is 380 g/mol. The summed E-state index contributed by atoms with van der Waals surface area (Å²) in [5.74, 6) is -0.639. The molecule has 2 heterocycles. The van der Waals surface area contributed by atoms with E-state index in [-0.39, 0.29) is 23.8 Å². The number of hydrogen-bond donors (Lipinski definition) is 1. The molecular formula is C23H32N4O3.